The molecule has 0 fully saturated rings. The lowest BCUT2D eigenvalue weighted by atomic mass is 10.0. The Hall–Kier alpha value is -3.75. The maximum absolute atomic E-state index is 14.7. The first-order valence-corrected chi connectivity index (χ1v) is 8.65. The zero-order valence-electron chi connectivity index (χ0n) is 15.4. The number of halogens is 1. The van der Waals surface area contributed by atoms with Crippen LogP contribution in [0.5, 0.6) is 0 Å². The summed E-state index contributed by atoms with van der Waals surface area (Å²) in [5.41, 5.74) is 14.6. The number of nitrogen functional groups attached to an aromatic ring is 2. The number of nitrogens with zero attached hydrogens (tertiary/aromatic N) is 5. The fourth-order valence-corrected chi connectivity index (χ4v) is 3.27. The van der Waals surface area contributed by atoms with Crippen LogP contribution in [0.3, 0.4) is 0 Å². The van der Waals surface area contributed by atoms with Gasteiger partial charge in [-0.15, -0.1) is 0 Å². The lowest BCUT2D eigenvalue weighted by Gasteiger charge is -2.16. The number of nitrogens with one attached hydrogen (secondary N) is 1. The number of anilines is 3. The Balaban J connectivity index is 1.81. The van der Waals surface area contributed by atoms with Gasteiger partial charge in [-0.05, 0) is 36.8 Å². The number of hydrogen-bond donors (Lipinski definition) is 3. The number of benzene rings is 1. The third kappa shape index (κ3) is 2.86. The normalized spacial score (nSPS) is 12.2. The average molecular weight is 378 g/mol. The molecule has 4 aromatic rings. The third-order valence-electron chi connectivity index (χ3n) is 4.64. The van der Waals surface area contributed by atoms with Crippen LogP contribution in [0.15, 0.2) is 43.0 Å². The van der Waals surface area contributed by atoms with Crippen LogP contribution in [0.4, 0.5) is 21.7 Å². The summed E-state index contributed by atoms with van der Waals surface area (Å²) in [4.78, 5) is 16.7. The van der Waals surface area contributed by atoms with Crippen molar-refractivity contribution in [3.8, 4) is 11.1 Å². The van der Waals surface area contributed by atoms with E-state index in [4.69, 9.17) is 16.5 Å². The Morgan fingerprint density at radius 3 is 2.61 bits per heavy atom. The van der Waals surface area contributed by atoms with Gasteiger partial charge in [-0.1, -0.05) is 0 Å². The van der Waals surface area contributed by atoms with Gasteiger partial charge in [-0.3, -0.25) is 4.98 Å². The minimum atomic E-state index is -0.318. The van der Waals surface area contributed by atoms with Gasteiger partial charge in [0.15, 0.2) is 11.6 Å². The number of rotatable bonds is 4. The molecule has 0 bridgehead atoms. The van der Waals surface area contributed by atoms with Gasteiger partial charge in [0.2, 0.25) is 0 Å². The molecule has 0 unspecified atom stereocenters. The smallest absolute Gasteiger partial charge is 0.155 e. The molecule has 3 heterocycles. The number of aryl methyl sites for hydroxylation is 1. The van der Waals surface area contributed by atoms with Gasteiger partial charge in [0.25, 0.3) is 0 Å². The molecule has 4 rings (SSSR count). The van der Waals surface area contributed by atoms with Crippen LogP contribution in [0.2, 0.25) is 0 Å². The zero-order chi connectivity index (χ0) is 19.8. The van der Waals surface area contributed by atoms with E-state index in [1.165, 1.54) is 12.4 Å². The highest BCUT2D eigenvalue weighted by Gasteiger charge is 2.21. The topological polar surface area (TPSA) is 121 Å². The second kappa shape index (κ2) is 6.76. The Morgan fingerprint density at radius 1 is 1.11 bits per heavy atom. The van der Waals surface area contributed by atoms with Crippen molar-refractivity contribution >= 4 is 28.4 Å². The molecule has 0 aliphatic carbocycles. The SMILES string of the molecule is C[C@H](Nc1ncnc(N)c1N)c1nc2ccc(F)c(-c3ccncc3)c2n1C. The Kier molecular flexibility index (Phi) is 4.26. The summed E-state index contributed by atoms with van der Waals surface area (Å²) >= 11 is 0. The highest BCUT2D eigenvalue weighted by molar-refractivity contribution is 5.93. The first kappa shape index (κ1) is 17.7. The fourth-order valence-electron chi connectivity index (χ4n) is 3.27. The fraction of sp³-hybridized carbons (Fsp3) is 0.158. The van der Waals surface area contributed by atoms with Crippen molar-refractivity contribution in [3.63, 3.8) is 0 Å². The molecule has 142 valence electrons. The van der Waals surface area contributed by atoms with Crippen LogP contribution < -0.4 is 16.8 Å². The Morgan fingerprint density at radius 2 is 1.86 bits per heavy atom. The van der Waals surface area contributed by atoms with Crippen LogP contribution in [0.1, 0.15) is 18.8 Å². The molecule has 0 aliphatic heterocycles. The van der Waals surface area contributed by atoms with Crippen molar-refractivity contribution in [1.29, 1.82) is 0 Å². The molecular formula is C19H19FN8. The van der Waals surface area contributed by atoms with Crippen molar-refractivity contribution in [2.45, 2.75) is 13.0 Å². The Bertz CT molecular complexity index is 1160. The van der Waals surface area contributed by atoms with E-state index in [1.807, 2.05) is 18.5 Å². The predicted molar refractivity (Wildman–Crippen MR) is 107 cm³/mol. The molecule has 0 spiro atoms. The molecule has 1 atom stereocenters. The van der Waals surface area contributed by atoms with E-state index in [-0.39, 0.29) is 23.4 Å². The van der Waals surface area contributed by atoms with E-state index in [1.54, 1.807) is 30.6 Å². The molecule has 9 heteroatoms. The van der Waals surface area contributed by atoms with Crippen LogP contribution in [0, 0.1) is 5.82 Å². The maximum Gasteiger partial charge on any atom is 0.155 e. The summed E-state index contributed by atoms with van der Waals surface area (Å²) in [6.07, 6.45) is 4.61. The quantitative estimate of drug-likeness (QED) is 0.499. The van der Waals surface area contributed by atoms with E-state index in [2.05, 4.69) is 20.3 Å². The summed E-state index contributed by atoms with van der Waals surface area (Å²) in [5, 5.41) is 3.20. The van der Waals surface area contributed by atoms with Gasteiger partial charge in [0.05, 0.1) is 17.1 Å². The highest BCUT2D eigenvalue weighted by Crippen LogP contribution is 2.33. The molecule has 5 N–H and O–H groups in total. The molecule has 0 saturated carbocycles. The summed E-state index contributed by atoms with van der Waals surface area (Å²) in [6.45, 7) is 1.92. The minimum Gasteiger partial charge on any atom is -0.393 e. The lowest BCUT2D eigenvalue weighted by molar-refractivity contribution is 0.632. The van der Waals surface area contributed by atoms with Gasteiger partial charge in [0, 0.05) is 25.0 Å². The maximum atomic E-state index is 14.7. The van der Waals surface area contributed by atoms with E-state index in [0.29, 0.717) is 28.2 Å². The number of imidazole rings is 1. The molecule has 1 aromatic carbocycles. The molecule has 28 heavy (non-hydrogen) atoms. The standard InChI is InChI=1S/C19H19FN8/c1-10(26-18-15(21)17(22)24-9-25-18)19-27-13-4-3-12(20)14(16(13)28(19)2)11-5-7-23-8-6-11/h3-10H,21H2,1-2H3,(H3,22,24,25,26)/t10-/m0/s1. The predicted octanol–water partition coefficient (Wildman–Crippen LogP) is 2.90. The van der Waals surface area contributed by atoms with Crippen LogP contribution >= 0.6 is 0 Å². The summed E-state index contributed by atoms with van der Waals surface area (Å²) < 4.78 is 16.6. The molecule has 8 nitrogen and oxygen atoms in total. The van der Waals surface area contributed by atoms with Crippen molar-refractivity contribution in [1.82, 2.24) is 24.5 Å². The largest absolute Gasteiger partial charge is 0.393 e. The van der Waals surface area contributed by atoms with Gasteiger partial charge in [0.1, 0.15) is 23.7 Å². The molecule has 0 aliphatic rings. The highest BCUT2D eigenvalue weighted by atomic mass is 19.1. The number of fused-ring (bicyclic) bond motifs is 1. The molecule has 0 radical (unpaired) electrons. The average Bonchev–Trinajstić information content (AvgIpc) is 3.03. The number of hydrogen-bond acceptors (Lipinski definition) is 7. The van der Waals surface area contributed by atoms with Crippen molar-refractivity contribution in [3.05, 3.63) is 54.6 Å². The summed E-state index contributed by atoms with van der Waals surface area (Å²) in [6, 6.07) is 6.38. The first-order valence-electron chi connectivity index (χ1n) is 8.65. The first-order chi connectivity index (χ1) is 13.5. The molecular weight excluding hydrogens is 359 g/mol. The number of pyridine rings is 1. The zero-order valence-corrected chi connectivity index (χ0v) is 15.4. The van der Waals surface area contributed by atoms with Crippen LogP contribution in [-0.2, 0) is 7.05 Å². The second-order valence-electron chi connectivity index (χ2n) is 6.44. The van der Waals surface area contributed by atoms with Crippen LogP contribution in [-0.4, -0.2) is 24.5 Å². The van der Waals surface area contributed by atoms with Gasteiger partial charge < -0.3 is 21.4 Å². The van der Waals surface area contributed by atoms with Crippen molar-refractivity contribution < 1.29 is 4.39 Å². The summed E-state index contributed by atoms with van der Waals surface area (Å²) in [5.74, 6) is 1.01. The Labute approximate surface area is 160 Å². The van der Waals surface area contributed by atoms with Crippen molar-refractivity contribution in [2.75, 3.05) is 16.8 Å². The molecule has 3 aromatic heterocycles. The molecule has 0 amide bonds. The second-order valence-corrected chi connectivity index (χ2v) is 6.44. The number of aromatic nitrogens is 5. The van der Waals surface area contributed by atoms with E-state index >= 15 is 0 Å². The minimum absolute atomic E-state index is 0.205. The van der Waals surface area contributed by atoms with Gasteiger partial charge >= 0.3 is 0 Å². The number of nitrogens with two attached hydrogens (primary N) is 2. The van der Waals surface area contributed by atoms with E-state index in [9.17, 15) is 4.39 Å². The van der Waals surface area contributed by atoms with E-state index in [0.717, 1.165) is 5.56 Å². The summed E-state index contributed by atoms with van der Waals surface area (Å²) in [7, 11) is 1.85. The monoisotopic (exact) mass is 378 g/mol. The molecule has 0 saturated heterocycles. The van der Waals surface area contributed by atoms with Crippen molar-refractivity contribution in [2.24, 2.45) is 7.05 Å². The third-order valence-corrected chi connectivity index (χ3v) is 4.64. The van der Waals surface area contributed by atoms with Gasteiger partial charge in [-0.25, -0.2) is 19.3 Å². The lowest BCUT2D eigenvalue weighted by Crippen LogP contribution is -2.15. The van der Waals surface area contributed by atoms with Gasteiger partial charge in [-0.2, -0.15) is 0 Å². The van der Waals surface area contributed by atoms with Crippen LogP contribution in [0.25, 0.3) is 22.2 Å². The van der Waals surface area contributed by atoms with E-state index < -0.39 is 0 Å².